The van der Waals surface area contributed by atoms with Gasteiger partial charge in [-0.15, -0.1) is 11.8 Å². The van der Waals surface area contributed by atoms with Crippen molar-refractivity contribution in [2.45, 2.75) is 25.0 Å². The SMILES string of the molecule is CSc1ccc(C(OC(C)=O)OC(C)=O)cc1. The average molecular weight is 254 g/mol. The van der Waals surface area contributed by atoms with Crippen LogP contribution >= 0.6 is 11.8 Å². The lowest BCUT2D eigenvalue weighted by atomic mass is 10.2. The van der Waals surface area contributed by atoms with Crippen LogP contribution in [0.25, 0.3) is 0 Å². The van der Waals surface area contributed by atoms with E-state index in [1.54, 1.807) is 23.9 Å². The van der Waals surface area contributed by atoms with E-state index >= 15 is 0 Å². The first-order valence-electron chi connectivity index (χ1n) is 5.01. The van der Waals surface area contributed by atoms with Gasteiger partial charge >= 0.3 is 11.9 Å². The minimum Gasteiger partial charge on any atom is -0.421 e. The third kappa shape index (κ3) is 4.48. The van der Waals surface area contributed by atoms with E-state index in [1.165, 1.54) is 13.8 Å². The Bertz CT molecular complexity index is 383. The fourth-order valence-corrected chi connectivity index (χ4v) is 1.63. The summed E-state index contributed by atoms with van der Waals surface area (Å²) in [6, 6.07) is 7.28. The molecule has 0 fully saturated rings. The van der Waals surface area contributed by atoms with Crippen LogP contribution in [0.3, 0.4) is 0 Å². The van der Waals surface area contributed by atoms with Gasteiger partial charge in [0.05, 0.1) is 0 Å². The standard InChI is InChI=1S/C12H14O4S/c1-8(13)15-12(16-9(2)14)10-4-6-11(17-3)7-5-10/h4-7,12H,1-3H3. The zero-order valence-electron chi connectivity index (χ0n) is 9.93. The lowest BCUT2D eigenvalue weighted by molar-refractivity contribution is -0.186. The lowest BCUT2D eigenvalue weighted by Crippen LogP contribution is -2.14. The van der Waals surface area contributed by atoms with E-state index in [0.717, 1.165) is 4.90 Å². The molecular formula is C12H14O4S. The Balaban J connectivity index is 2.86. The van der Waals surface area contributed by atoms with Crippen LogP contribution in [0.15, 0.2) is 29.2 Å². The molecule has 0 saturated heterocycles. The zero-order valence-corrected chi connectivity index (χ0v) is 10.7. The summed E-state index contributed by atoms with van der Waals surface area (Å²) < 4.78 is 9.86. The maximum absolute atomic E-state index is 10.9. The molecule has 0 aromatic heterocycles. The van der Waals surface area contributed by atoms with Crippen molar-refractivity contribution in [2.24, 2.45) is 0 Å². The van der Waals surface area contributed by atoms with E-state index in [-0.39, 0.29) is 0 Å². The van der Waals surface area contributed by atoms with Crippen LogP contribution in [-0.4, -0.2) is 18.2 Å². The van der Waals surface area contributed by atoms with E-state index in [0.29, 0.717) is 5.56 Å². The molecule has 0 aliphatic rings. The molecule has 1 aromatic rings. The molecule has 0 saturated carbocycles. The molecule has 17 heavy (non-hydrogen) atoms. The highest BCUT2D eigenvalue weighted by molar-refractivity contribution is 7.98. The van der Waals surface area contributed by atoms with Gasteiger partial charge in [-0.3, -0.25) is 9.59 Å². The predicted molar refractivity (Wildman–Crippen MR) is 64.5 cm³/mol. The van der Waals surface area contributed by atoms with Gasteiger partial charge in [0, 0.05) is 24.3 Å². The summed E-state index contributed by atoms with van der Waals surface area (Å²) in [7, 11) is 0. The van der Waals surface area contributed by atoms with Crippen molar-refractivity contribution >= 4 is 23.7 Å². The Kier molecular flexibility index (Phi) is 5.03. The molecule has 1 aromatic carbocycles. The number of carbonyl (C=O) groups excluding carboxylic acids is 2. The highest BCUT2D eigenvalue weighted by Gasteiger charge is 2.17. The molecular weight excluding hydrogens is 240 g/mol. The van der Waals surface area contributed by atoms with Gasteiger partial charge < -0.3 is 9.47 Å². The van der Waals surface area contributed by atoms with E-state index in [9.17, 15) is 9.59 Å². The molecule has 0 aliphatic heterocycles. The van der Waals surface area contributed by atoms with Gasteiger partial charge in [-0.25, -0.2) is 0 Å². The first-order chi connectivity index (χ1) is 8.02. The molecule has 0 heterocycles. The number of thioether (sulfide) groups is 1. The maximum Gasteiger partial charge on any atom is 0.305 e. The van der Waals surface area contributed by atoms with Crippen molar-refractivity contribution in [2.75, 3.05) is 6.26 Å². The van der Waals surface area contributed by atoms with Crippen LogP contribution in [0.2, 0.25) is 0 Å². The largest absolute Gasteiger partial charge is 0.421 e. The molecule has 1 rings (SSSR count). The van der Waals surface area contributed by atoms with Crippen LogP contribution in [0, 0.1) is 0 Å². The molecule has 0 N–H and O–H groups in total. The molecule has 0 amide bonds. The predicted octanol–water partition coefficient (Wildman–Crippen LogP) is 2.53. The Hall–Kier alpha value is -1.49. The fourth-order valence-electron chi connectivity index (χ4n) is 1.22. The Morgan fingerprint density at radius 2 is 1.53 bits per heavy atom. The van der Waals surface area contributed by atoms with Crippen molar-refractivity contribution in [3.8, 4) is 0 Å². The highest BCUT2D eigenvalue weighted by atomic mass is 32.2. The van der Waals surface area contributed by atoms with Gasteiger partial charge in [0.25, 0.3) is 6.29 Å². The first-order valence-corrected chi connectivity index (χ1v) is 6.24. The average Bonchev–Trinajstić information content (AvgIpc) is 2.27. The zero-order chi connectivity index (χ0) is 12.8. The summed E-state index contributed by atoms with van der Waals surface area (Å²) in [5, 5.41) is 0. The summed E-state index contributed by atoms with van der Waals surface area (Å²) in [5.41, 5.74) is 0.633. The van der Waals surface area contributed by atoms with Crippen molar-refractivity contribution in [1.29, 1.82) is 0 Å². The molecule has 5 heteroatoms. The van der Waals surface area contributed by atoms with Gasteiger partial charge in [0.15, 0.2) is 0 Å². The van der Waals surface area contributed by atoms with Gasteiger partial charge in [-0.05, 0) is 18.4 Å². The molecule has 4 nitrogen and oxygen atoms in total. The van der Waals surface area contributed by atoms with E-state index in [4.69, 9.17) is 9.47 Å². The number of hydrogen-bond donors (Lipinski definition) is 0. The van der Waals surface area contributed by atoms with Crippen molar-refractivity contribution < 1.29 is 19.1 Å². The second-order valence-corrected chi connectivity index (χ2v) is 4.20. The van der Waals surface area contributed by atoms with Crippen LogP contribution in [0.1, 0.15) is 25.7 Å². The number of esters is 2. The summed E-state index contributed by atoms with van der Waals surface area (Å²) in [4.78, 5) is 22.9. The topological polar surface area (TPSA) is 52.6 Å². The molecule has 0 radical (unpaired) electrons. The Morgan fingerprint density at radius 3 is 1.88 bits per heavy atom. The van der Waals surface area contributed by atoms with E-state index < -0.39 is 18.2 Å². The van der Waals surface area contributed by atoms with Gasteiger partial charge in [0.2, 0.25) is 0 Å². The molecule has 0 atom stereocenters. The smallest absolute Gasteiger partial charge is 0.305 e. The van der Waals surface area contributed by atoms with Crippen LogP contribution in [0.4, 0.5) is 0 Å². The van der Waals surface area contributed by atoms with Gasteiger partial charge in [-0.1, -0.05) is 12.1 Å². The van der Waals surface area contributed by atoms with Gasteiger partial charge in [0.1, 0.15) is 0 Å². The number of hydrogen-bond acceptors (Lipinski definition) is 5. The third-order valence-electron chi connectivity index (χ3n) is 1.93. The van der Waals surface area contributed by atoms with Crippen molar-refractivity contribution in [3.63, 3.8) is 0 Å². The summed E-state index contributed by atoms with van der Waals surface area (Å²) in [6.07, 6.45) is 0.992. The van der Waals surface area contributed by atoms with Crippen molar-refractivity contribution in [1.82, 2.24) is 0 Å². The molecule has 92 valence electrons. The second-order valence-electron chi connectivity index (χ2n) is 3.32. The van der Waals surface area contributed by atoms with E-state index in [1.807, 2.05) is 18.4 Å². The Morgan fingerprint density at radius 1 is 1.06 bits per heavy atom. The lowest BCUT2D eigenvalue weighted by Gasteiger charge is -2.16. The summed E-state index contributed by atoms with van der Waals surface area (Å²) >= 11 is 1.60. The minimum atomic E-state index is -0.971. The number of carbonyl (C=O) groups is 2. The van der Waals surface area contributed by atoms with Crippen LogP contribution in [-0.2, 0) is 19.1 Å². The maximum atomic E-state index is 10.9. The number of rotatable bonds is 4. The number of ether oxygens (including phenoxy) is 2. The number of benzene rings is 1. The summed E-state index contributed by atoms with van der Waals surface area (Å²) in [6.45, 7) is 2.54. The van der Waals surface area contributed by atoms with E-state index in [2.05, 4.69) is 0 Å². The van der Waals surface area contributed by atoms with Gasteiger partial charge in [-0.2, -0.15) is 0 Å². The van der Waals surface area contributed by atoms with Crippen LogP contribution in [0.5, 0.6) is 0 Å². The Labute approximate surface area is 104 Å². The fraction of sp³-hybridized carbons (Fsp3) is 0.333. The first kappa shape index (κ1) is 13.6. The minimum absolute atomic E-state index is 0.495. The molecule has 0 spiro atoms. The van der Waals surface area contributed by atoms with Crippen molar-refractivity contribution in [3.05, 3.63) is 29.8 Å². The molecule has 0 bridgehead atoms. The summed E-state index contributed by atoms with van der Waals surface area (Å²) in [5.74, 6) is -0.990. The second kappa shape index (κ2) is 6.30. The third-order valence-corrected chi connectivity index (χ3v) is 2.68. The molecule has 0 aliphatic carbocycles. The molecule has 0 unspecified atom stereocenters. The monoisotopic (exact) mass is 254 g/mol. The quantitative estimate of drug-likeness (QED) is 0.469. The highest BCUT2D eigenvalue weighted by Crippen LogP contribution is 2.22. The van der Waals surface area contributed by atoms with Crippen LogP contribution < -0.4 is 0 Å². The normalized spacial score (nSPS) is 10.1.